The zero-order chi connectivity index (χ0) is 18.1. The Morgan fingerprint density at radius 1 is 1.08 bits per heavy atom. The van der Waals surface area contributed by atoms with Gasteiger partial charge in [-0.25, -0.2) is 0 Å². The van der Waals surface area contributed by atoms with Crippen molar-refractivity contribution in [3.8, 4) is 11.5 Å². The second-order valence-electron chi connectivity index (χ2n) is 5.01. The average molecular weight is 356 g/mol. The van der Waals surface area contributed by atoms with Gasteiger partial charge in [0.15, 0.2) is 5.11 Å². The number of hydrogen-bond acceptors (Lipinski definition) is 4. The normalized spacial score (nSPS) is 10.3. The number of methoxy groups -OCH3 is 1. The largest absolute Gasteiger partial charge is 0.497 e. The number of anilines is 1. The Hall–Kier alpha value is -2.86. The van der Waals surface area contributed by atoms with Gasteiger partial charge in [-0.1, -0.05) is 12.1 Å². The molecule has 0 saturated carbocycles. The molecule has 6 heteroatoms. The highest BCUT2D eigenvalue weighted by Crippen LogP contribution is 2.15. The zero-order valence-electron chi connectivity index (χ0n) is 14.1. The third-order valence-electron chi connectivity index (χ3n) is 3.20. The van der Waals surface area contributed by atoms with Crippen molar-refractivity contribution in [3.05, 3.63) is 60.2 Å². The first-order valence-electron chi connectivity index (χ1n) is 7.77. The number of amides is 1. The van der Waals surface area contributed by atoms with E-state index in [1.807, 2.05) is 43.3 Å². The van der Waals surface area contributed by atoms with E-state index in [-0.39, 0.29) is 11.0 Å². The number of carbonyl (C=O) groups is 1. The first kappa shape index (κ1) is 18.5. The lowest BCUT2D eigenvalue weighted by Gasteiger charge is -2.08. The van der Waals surface area contributed by atoms with Gasteiger partial charge in [-0.15, -0.1) is 0 Å². The van der Waals surface area contributed by atoms with Crippen molar-refractivity contribution < 1.29 is 14.3 Å². The summed E-state index contributed by atoms with van der Waals surface area (Å²) in [7, 11) is 1.60. The smallest absolute Gasteiger partial charge is 0.250 e. The van der Waals surface area contributed by atoms with Crippen molar-refractivity contribution in [2.75, 3.05) is 19.0 Å². The van der Waals surface area contributed by atoms with Gasteiger partial charge in [0.05, 0.1) is 13.7 Å². The number of nitrogens with one attached hydrogen (secondary N) is 2. The molecule has 0 unspecified atom stereocenters. The number of rotatable bonds is 6. The van der Waals surface area contributed by atoms with Crippen LogP contribution in [0.5, 0.6) is 11.5 Å². The number of hydrogen-bond donors (Lipinski definition) is 2. The Morgan fingerprint density at radius 2 is 1.72 bits per heavy atom. The molecule has 2 N–H and O–H groups in total. The zero-order valence-corrected chi connectivity index (χ0v) is 14.9. The molecule has 0 bridgehead atoms. The molecule has 2 aromatic carbocycles. The first-order valence-corrected chi connectivity index (χ1v) is 8.18. The van der Waals surface area contributed by atoms with Gasteiger partial charge in [0.2, 0.25) is 5.91 Å². The number of benzene rings is 2. The Bertz CT molecular complexity index is 740. The summed E-state index contributed by atoms with van der Waals surface area (Å²) < 4.78 is 10.5. The van der Waals surface area contributed by atoms with Crippen molar-refractivity contribution in [1.29, 1.82) is 0 Å². The molecule has 0 aliphatic rings. The van der Waals surface area contributed by atoms with Crippen LogP contribution in [-0.2, 0) is 4.79 Å². The van der Waals surface area contributed by atoms with Gasteiger partial charge in [-0.2, -0.15) is 0 Å². The molecule has 2 aromatic rings. The van der Waals surface area contributed by atoms with Crippen LogP contribution >= 0.6 is 12.2 Å². The molecule has 25 heavy (non-hydrogen) atoms. The summed E-state index contributed by atoms with van der Waals surface area (Å²) >= 11 is 5.13. The van der Waals surface area contributed by atoms with Crippen LogP contribution in [0, 0.1) is 0 Å². The van der Waals surface area contributed by atoms with Crippen molar-refractivity contribution in [3.63, 3.8) is 0 Å². The average Bonchev–Trinajstić information content (AvgIpc) is 2.62. The van der Waals surface area contributed by atoms with E-state index in [1.165, 1.54) is 6.08 Å². The maximum absolute atomic E-state index is 11.9. The molecule has 0 radical (unpaired) electrons. The summed E-state index contributed by atoms with van der Waals surface area (Å²) in [5.41, 5.74) is 1.66. The van der Waals surface area contributed by atoms with Crippen LogP contribution in [-0.4, -0.2) is 24.7 Å². The van der Waals surface area contributed by atoms with E-state index >= 15 is 0 Å². The molecule has 0 spiro atoms. The first-order chi connectivity index (χ1) is 12.1. The molecule has 0 fully saturated rings. The van der Waals surface area contributed by atoms with E-state index in [4.69, 9.17) is 21.7 Å². The van der Waals surface area contributed by atoms with E-state index < -0.39 is 0 Å². The van der Waals surface area contributed by atoms with Gasteiger partial charge in [-0.3, -0.25) is 10.1 Å². The van der Waals surface area contributed by atoms with Gasteiger partial charge in [0.1, 0.15) is 11.5 Å². The highest BCUT2D eigenvalue weighted by Gasteiger charge is 2.02. The summed E-state index contributed by atoms with van der Waals surface area (Å²) in [6.07, 6.45) is 3.14. The molecular weight excluding hydrogens is 336 g/mol. The van der Waals surface area contributed by atoms with Crippen molar-refractivity contribution in [2.45, 2.75) is 6.92 Å². The summed E-state index contributed by atoms with van der Waals surface area (Å²) in [5.74, 6) is 1.24. The fraction of sp³-hybridized carbons (Fsp3) is 0.158. The van der Waals surface area contributed by atoms with Gasteiger partial charge in [0.25, 0.3) is 0 Å². The Balaban J connectivity index is 1.84. The SMILES string of the molecule is CCOc1ccc(/C=C/C(=O)NC(=S)Nc2ccc(OC)cc2)cc1. The molecule has 1 amide bonds. The van der Waals surface area contributed by atoms with Crippen LogP contribution in [0.3, 0.4) is 0 Å². The molecule has 0 saturated heterocycles. The van der Waals surface area contributed by atoms with Crippen molar-refractivity contribution in [2.24, 2.45) is 0 Å². The Morgan fingerprint density at radius 3 is 2.32 bits per heavy atom. The molecule has 5 nitrogen and oxygen atoms in total. The Kier molecular flexibility index (Phi) is 6.98. The summed E-state index contributed by atoms with van der Waals surface area (Å²) in [6, 6.07) is 14.7. The number of carbonyl (C=O) groups excluding carboxylic acids is 1. The highest BCUT2D eigenvalue weighted by molar-refractivity contribution is 7.80. The second kappa shape index (κ2) is 9.44. The predicted octanol–water partition coefficient (Wildman–Crippen LogP) is 3.62. The summed E-state index contributed by atoms with van der Waals surface area (Å²) in [6.45, 7) is 2.55. The Labute approximate surface area is 152 Å². The van der Waals surface area contributed by atoms with E-state index in [1.54, 1.807) is 25.3 Å². The van der Waals surface area contributed by atoms with Gasteiger partial charge in [0, 0.05) is 11.8 Å². The van der Waals surface area contributed by atoms with Crippen LogP contribution < -0.4 is 20.1 Å². The van der Waals surface area contributed by atoms with Crippen LogP contribution in [0.25, 0.3) is 6.08 Å². The predicted molar refractivity (Wildman–Crippen MR) is 104 cm³/mol. The molecular formula is C19H20N2O3S. The lowest BCUT2D eigenvalue weighted by Crippen LogP contribution is -2.32. The molecule has 0 aliphatic carbocycles. The van der Waals surface area contributed by atoms with Crippen LogP contribution in [0.1, 0.15) is 12.5 Å². The van der Waals surface area contributed by atoms with Gasteiger partial charge >= 0.3 is 0 Å². The minimum atomic E-state index is -0.306. The maximum Gasteiger partial charge on any atom is 0.250 e. The highest BCUT2D eigenvalue weighted by atomic mass is 32.1. The molecule has 0 aromatic heterocycles. The topological polar surface area (TPSA) is 59.6 Å². The van der Waals surface area contributed by atoms with Crippen LogP contribution in [0.4, 0.5) is 5.69 Å². The second-order valence-corrected chi connectivity index (χ2v) is 5.42. The summed E-state index contributed by atoms with van der Waals surface area (Å²) in [4.78, 5) is 11.9. The lowest BCUT2D eigenvalue weighted by atomic mass is 10.2. The molecule has 0 atom stereocenters. The minimum absolute atomic E-state index is 0.228. The van der Waals surface area contributed by atoms with Crippen molar-refractivity contribution in [1.82, 2.24) is 5.32 Å². The minimum Gasteiger partial charge on any atom is -0.497 e. The standard InChI is InChI=1S/C19H20N2O3S/c1-3-24-17-9-4-14(5-10-17)6-13-18(22)21-19(25)20-15-7-11-16(23-2)12-8-15/h4-13H,3H2,1-2H3,(H2,20,21,22,25)/b13-6+. The summed E-state index contributed by atoms with van der Waals surface area (Å²) in [5, 5.41) is 5.76. The maximum atomic E-state index is 11.9. The monoisotopic (exact) mass is 356 g/mol. The van der Waals surface area contributed by atoms with Gasteiger partial charge in [-0.05, 0) is 67.2 Å². The molecule has 0 heterocycles. The van der Waals surface area contributed by atoms with Gasteiger partial charge < -0.3 is 14.8 Å². The van der Waals surface area contributed by atoms with Crippen LogP contribution in [0.2, 0.25) is 0 Å². The fourth-order valence-electron chi connectivity index (χ4n) is 2.00. The quantitative estimate of drug-likeness (QED) is 0.611. The third kappa shape index (κ3) is 6.27. The van der Waals surface area contributed by atoms with Crippen molar-refractivity contribution >= 4 is 35.0 Å². The number of thiocarbonyl (C=S) groups is 1. The lowest BCUT2D eigenvalue weighted by molar-refractivity contribution is -0.115. The third-order valence-corrected chi connectivity index (χ3v) is 3.41. The molecule has 0 aliphatic heterocycles. The molecule has 2 rings (SSSR count). The van der Waals surface area contributed by atoms with E-state index in [2.05, 4.69) is 10.6 Å². The van der Waals surface area contributed by atoms with E-state index in [9.17, 15) is 4.79 Å². The fourth-order valence-corrected chi connectivity index (χ4v) is 2.22. The van der Waals surface area contributed by atoms with E-state index in [0.29, 0.717) is 6.61 Å². The molecule has 130 valence electrons. The number of ether oxygens (including phenoxy) is 2. The van der Waals surface area contributed by atoms with E-state index in [0.717, 1.165) is 22.7 Å². The van der Waals surface area contributed by atoms with Crippen LogP contribution in [0.15, 0.2) is 54.6 Å².